The average Bonchev–Trinajstić information content (AvgIpc) is 2.72. The number of aryl methyl sites for hydroxylation is 1. The highest BCUT2D eigenvalue weighted by molar-refractivity contribution is 5.94. The van der Waals surface area contributed by atoms with E-state index in [1.807, 2.05) is 24.3 Å². The second kappa shape index (κ2) is 8.55. The van der Waals surface area contributed by atoms with E-state index in [1.165, 1.54) is 26.0 Å². The summed E-state index contributed by atoms with van der Waals surface area (Å²) in [7, 11) is 0. The summed E-state index contributed by atoms with van der Waals surface area (Å²) in [6.07, 6.45) is 0. The van der Waals surface area contributed by atoms with Crippen molar-refractivity contribution in [1.82, 2.24) is 9.97 Å². The van der Waals surface area contributed by atoms with Crippen LogP contribution >= 0.6 is 0 Å². The molecule has 0 spiro atoms. The molecule has 0 saturated heterocycles. The van der Waals surface area contributed by atoms with Gasteiger partial charge in [-0.25, -0.2) is 14.4 Å². The van der Waals surface area contributed by atoms with Crippen molar-refractivity contribution in [1.29, 1.82) is 0 Å². The molecule has 4 aromatic rings. The third-order valence-corrected chi connectivity index (χ3v) is 4.66. The first kappa shape index (κ1) is 21.1. The first-order chi connectivity index (χ1) is 15.3. The predicted octanol–water partition coefficient (Wildman–Crippen LogP) is 5.26. The van der Waals surface area contributed by atoms with Crippen LogP contribution in [0.25, 0.3) is 33.5 Å². The summed E-state index contributed by atoms with van der Waals surface area (Å²) in [5.74, 6) is -0.880. The number of aromatic nitrogens is 2. The largest absolute Gasteiger partial charge is 0.426 e. The molecule has 0 N–H and O–H groups in total. The molecule has 6 nitrogen and oxygen atoms in total. The number of ether oxygens (including phenoxy) is 2. The van der Waals surface area contributed by atoms with Crippen LogP contribution in [0.1, 0.15) is 19.4 Å². The molecule has 0 aliphatic carbocycles. The fourth-order valence-electron chi connectivity index (χ4n) is 3.43. The number of benzene rings is 3. The highest BCUT2D eigenvalue weighted by Crippen LogP contribution is 2.40. The molecule has 0 bridgehead atoms. The van der Waals surface area contributed by atoms with Gasteiger partial charge in [0.15, 0.2) is 5.82 Å². The summed E-state index contributed by atoms with van der Waals surface area (Å²) in [6.45, 7) is 4.35. The van der Waals surface area contributed by atoms with Gasteiger partial charge in [0.25, 0.3) is 0 Å². The molecule has 0 radical (unpaired) electrons. The Kier molecular flexibility index (Phi) is 5.64. The molecule has 0 saturated carbocycles. The minimum Gasteiger partial charge on any atom is -0.426 e. The SMILES string of the molecule is CC(=O)Oc1cc(C)cc(OC(C)=O)c1-c1nc(-c2ccc(F)cc2)c2ccccc2n1. The summed E-state index contributed by atoms with van der Waals surface area (Å²) in [5.41, 5.74) is 2.87. The maximum absolute atomic E-state index is 13.5. The van der Waals surface area contributed by atoms with E-state index >= 15 is 0 Å². The fraction of sp³-hybridized carbons (Fsp3) is 0.120. The molecule has 0 amide bonds. The Morgan fingerprint density at radius 3 is 2.03 bits per heavy atom. The van der Waals surface area contributed by atoms with E-state index in [2.05, 4.69) is 4.98 Å². The van der Waals surface area contributed by atoms with Crippen LogP contribution in [0.5, 0.6) is 11.5 Å². The van der Waals surface area contributed by atoms with Gasteiger partial charge in [-0.2, -0.15) is 0 Å². The zero-order valence-electron chi connectivity index (χ0n) is 17.7. The number of para-hydroxylation sites is 1. The van der Waals surface area contributed by atoms with Crippen LogP contribution in [0.3, 0.4) is 0 Å². The van der Waals surface area contributed by atoms with Gasteiger partial charge in [-0.05, 0) is 55.0 Å². The summed E-state index contributed by atoms with van der Waals surface area (Å²) >= 11 is 0. The second-order valence-corrected chi connectivity index (χ2v) is 7.24. The molecule has 4 rings (SSSR count). The number of halogens is 1. The number of carbonyl (C=O) groups is 2. The highest BCUT2D eigenvalue weighted by atomic mass is 19.1. The first-order valence-corrected chi connectivity index (χ1v) is 9.86. The minimum absolute atomic E-state index is 0.175. The topological polar surface area (TPSA) is 78.4 Å². The second-order valence-electron chi connectivity index (χ2n) is 7.24. The van der Waals surface area contributed by atoms with Crippen molar-refractivity contribution in [3.63, 3.8) is 0 Å². The number of hydrogen-bond donors (Lipinski definition) is 0. The molecule has 1 aromatic heterocycles. The molecule has 3 aromatic carbocycles. The van der Waals surface area contributed by atoms with Crippen molar-refractivity contribution in [2.45, 2.75) is 20.8 Å². The molecule has 0 atom stereocenters. The molecule has 0 aliphatic heterocycles. The minimum atomic E-state index is -0.537. The Hall–Kier alpha value is -4.13. The van der Waals surface area contributed by atoms with Gasteiger partial charge in [0.05, 0.1) is 11.2 Å². The Bertz CT molecular complexity index is 1310. The van der Waals surface area contributed by atoms with Crippen LogP contribution in [0.4, 0.5) is 4.39 Å². The summed E-state index contributed by atoms with van der Waals surface area (Å²) in [4.78, 5) is 32.9. The molecule has 0 fully saturated rings. The van der Waals surface area contributed by atoms with Crippen LogP contribution in [0, 0.1) is 12.7 Å². The zero-order chi connectivity index (χ0) is 22.8. The van der Waals surface area contributed by atoms with Crippen molar-refractivity contribution in [2.75, 3.05) is 0 Å². The number of rotatable bonds is 4. The van der Waals surface area contributed by atoms with E-state index in [9.17, 15) is 14.0 Å². The lowest BCUT2D eigenvalue weighted by Gasteiger charge is -2.16. The fourth-order valence-corrected chi connectivity index (χ4v) is 3.43. The lowest BCUT2D eigenvalue weighted by molar-refractivity contribution is -0.132. The quantitative estimate of drug-likeness (QED) is 0.325. The van der Waals surface area contributed by atoms with Crippen molar-refractivity contribution >= 4 is 22.8 Å². The highest BCUT2D eigenvalue weighted by Gasteiger charge is 2.22. The van der Waals surface area contributed by atoms with Crippen LogP contribution in [-0.2, 0) is 9.59 Å². The molecular weight excluding hydrogens is 411 g/mol. The lowest BCUT2D eigenvalue weighted by atomic mass is 10.0. The Balaban J connectivity index is 2.04. The van der Waals surface area contributed by atoms with E-state index in [0.717, 1.165) is 10.9 Å². The van der Waals surface area contributed by atoms with Gasteiger partial charge in [0.1, 0.15) is 22.9 Å². The van der Waals surface area contributed by atoms with Crippen molar-refractivity contribution < 1.29 is 23.5 Å². The number of esters is 2. The number of hydrogen-bond acceptors (Lipinski definition) is 6. The van der Waals surface area contributed by atoms with Crippen molar-refractivity contribution in [2.24, 2.45) is 0 Å². The van der Waals surface area contributed by atoms with E-state index in [-0.39, 0.29) is 28.7 Å². The molecule has 0 aliphatic rings. The average molecular weight is 430 g/mol. The van der Waals surface area contributed by atoms with E-state index in [0.29, 0.717) is 16.8 Å². The van der Waals surface area contributed by atoms with Gasteiger partial charge < -0.3 is 9.47 Å². The Morgan fingerprint density at radius 2 is 1.44 bits per heavy atom. The third kappa shape index (κ3) is 4.32. The van der Waals surface area contributed by atoms with Gasteiger partial charge in [-0.1, -0.05) is 18.2 Å². The molecule has 7 heteroatoms. The Labute approximate surface area is 183 Å². The van der Waals surface area contributed by atoms with E-state index < -0.39 is 11.9 Å². The van der Waals surface area contributed by atoms with Crippen LogP contribution in [-0.4, -0.2) is 21.9 Å². The smallest absolute Gasteiger partial charge is 0.308 e. The third-order valence-electron chi connectivity index (χ3n) is 4.66. The maximum Gasteiger partial charge on any atom is 0.308 e. The molecule has 160 valence electrons. The summed E-state index contributed by atoms with van der Waals surface area (Å²) in [5, 5.41) is 0.762. The van der Waals surface area contributed by atoms with Crippen LogP contribution < -0.4 is 9.47 Å². The van der Waals surface area contributed by atoms with Gasteiger partial charge in [-0.15, -0.1) is 0 Å². The van der Waals surface area contributed by atoms with Crippen LogP contribution in [0.15, 0.2) is 60.7 Å². The van der Waals surface area contributed by atoms with E-state index in [1.54, 1.807) is 31.2 Å². The normalized spacial score (nSPS) is 10.8. The lowest BCUT2D eigenvalue weighted by Crippen LogP contribution is -2.08. The monoisotopic (exact) mass is 430 g/mol. The van der Waals surface area contributed by atoms with Crippen molar-refractivity contribution in [3.05, 3.63) is 72.0 Å². The van der Waals surface area contributed by atoms with Gasteiger partial charge >= 0.3 is 11.9 Å². The predicted molar refractivity (Wildman–Crippen MR) is 118 cm³/mol. The molecular formula is C25H19FN2O4. The molecule has 1 heterocycles. The van der Waals surface area contributed by atoms with E-state index in [4.69, 9.17) is 14.5 Å². The maximum atomic E-state index is 13.5. The van der Waals surface area contributed by atoms with Crippen LogP contribution in [0.2, 0.25) is 0 Å². The zero-order valence-corrected chi connectivity index (χ0v) is 17.7. The Morgan fingerprint density at radius 1 is 0.844 bits per heavy atom. The van der Waals surface area contributed by atoms with Gasteiger partial charge in [0.2, 0.25) is 0 Å². The standard InChI is InChI=1S/C25H19FN2O4/c1-14-12-21(31-15(2)29)23(22(13-14)32-16(3)30)25-27-20-7-5-4-6-19(20)24(28-25)17-8-10-18(26)11-9-17/h4-13H,1-3H3. The molecule has 32 heavy (non-hydrogen) atoms. The molecule has 0 unspecified atom stereocenters. The summed E-state index contributed by atoms with van der Waals surface area (Å²) in [6, 6.07) is 16.7. The van der Waals surface area contributed by atoms with Gasteiger partial charge in [-0.3, -0.25) is 9.59 Å². The van der Waals surface area contributed by atoms with Crippen molar-refractivity contribution in [3.8, 4) is 34.1 Å². The number of carbonyl (C=O) groups excluding carboxylic acids is 2. The summed E-state index contributed by atoms with van der Waals surface area (Å²) < 4.78 is 24.4. The number of nitrogens with zero attached hydrogens (tertiary/aromatic N) is 2. The number of fused-ring (bicyclic) bond motifs is 1. The van der Waals surface area contributed by atoms with Gasteiger partial charge in [0, 0.05) is 24.8 Å². The first-order valence-electron chi connectivity index (χ1n) is 9.86.